The van der Waals surface area contributed by atoms with E-state index in [2.05, 4.69) is 50.1 Å². The van der Waals surface area contributed by atoms with E-state index in [0.717, 1.165) is 42.0 Å². The lowest BCUT2D eigenvalue weighted by molar-refractivity contribution is -0.908. The molecule has 1 aliphatic carbocycles. The van der Waals surface area contributed by atoms with Gasteiger partial charge in [-0.25, -0.2) is 4.98 Å². The number of nitrogens with zero attached hydrogens (tertiary/aromatic N) is 1. The highest BCUT2D eigenvalue weighted by Gasteiger charge is 2.20. The fourth-order valence-electron chi connectivity index (χ4n) is 4.01. The average molecular weight is 383 g/mol. The third kappa shape index (κ3) is 3.85. The molecule has 0 amide bonds. The largest absolute Gasteiger partial charge is 0.327 e. The third-order valence-corrected chi connectivity index (χ3v) is 6.68. The number of nitrogens with one attached hydrogen (secondary N) is 2. The van der Waals surface area contributed by atoms with Gasteiger partial charge < -0.3 is 9.88 Å². The summed E-state index contributed by atoms with van der Waals surface area (Å²) in [5, 5.41) is 0.848. The molecule has 2 N–H and O–H groups in total. The van der Waals surface area contributed by atoms with Crippen molar-refractivity contribution in [3.63, 3.8) is 0 Å². The van der Waals surface area contributed by atoms with Gasteiger partial charge in [-0.1, -0.05) is 38.1 Å². The molecule has 0 saturated carbocycles. The lowest BCUT2D eigenvalue weighted by atomic mass is 9.97. The molecule has 0 fully saturated rings. The highest BCUT2D eigenvalue weighted by Crippen LogP contribution is 2.33. The molecule has 2 heterocycles. The summed E-state index contributed by atoms with van der Waals surface area (Å²) in [6.07, 6.45) is 4.54. The van der Waals surface area contributed by atoms with Crippen molar-refractivity contribution in [2.75, 3.05) is 7.05 Å². The molecular weight excluding hydrogens is 354 g/mol. The SMILES string of the molecule is CC(C)c1ccc(C[NH+](C)Cc2nc3sc4c(c3c(=O)[nH]2)CCCC4)cc1. The molecular formula is C22H28N3OS+. The Bertz CT molecular complexity index is 1000. The Hall–Kier alpha value is -1.98. The van der Waals surface area contributed by atoms with E-state index >= 15 is 0 Å². The molecule has 4 nitrogen and oxygen atoms in total. The number of rotatable bonds is 5. The van der Waals surface area contributed by atoms with E-state index in [9.17, 15) is 4.79 Å². The topological polar surface area (TPSA) is 50.2 Å². The number of H-pyrrole nitrogens is 1. The van der Waals surface area contributed by atoms with Crippen LogP contribution >= 0.6 is 11.3 Å². The van der Waals surface area contributed by atoms with Gasteiger partial charge in [0.25, 0.3) is 5.56 Å². The Morgan fingerprint density at radius 1 is 1.15 bits per heavy atom. The monoisotopic (exact) mass is 382 g/mol. The van der Waals surface area contributed by atoms with Crippen LogP contribution in [0.4, 0.5) is 0 Å². The van der Waals surface area contributed by atoms with Crippen LogP contribution in [0.3, 0.4) is 0 Å². The fourth-order valence-corrected chi connectivity index (χ4v) is 5.29. The lowest BCUT2D eigenvalue weighted by Gasteiger charge is -2.14. The maximum absolute atomic E-state index is 12.7. The van der Waals surface area contributed by atoms with Crippen LogP contribution < -0.4 is 10.5 Å². The van der Waals surface area contributed by atoms with E-state index in [1.54, 1.807) is 11.3 Å². The summed E-state index contributed by atoms with van der Waals surface area (Å²) in [4.78, 5) is 24.1. The first-order valence-corrected chi connectivity index (χ1v) is 10.8. The van der Waals surface area contributed by atoms with Gasteiger partial charge in [-0.05, 0) is 42.7 Å². The quantitative estimate of drug-likeness (QED) is 0.712. The Morgan fingerprint density at radius 2 is 1.89 bits per heavy atom. The van der Waals surface area contributed by atoms with Crippen LogP contribution in [0, 0.1) is 0 Å². The summed E-state index contributed by atoms with van der Waals surface area (Å²) < 4.78 is 0. The van der Waals surface area contributed by atoms with E-state index < -0.39 is 0 Å². The highest BCUT2D eigenvalue weighted by atomic mass is 32.1. The van der Waals surface area contributed by atoms with E-state index in [0.29, 0.717) is 5.92 Å². The summed E-state index contributed by atoms with van der Waals surface area (Å²) in [7, 11) is 2.15. The smallest absolute Gasteiger partial charge is 0.260 e. The third-order valence-electron chi connectivity index (χ3n) is 5.50. The Morgan fingerprint density at radius 3 is 2.63 bits per heavy atom. The van der Waals surface area contributed by atoms with Crippen LogP contribution in [0.1, 0.15) is 60.0 Å². The fraction of sp³-hybridized carbons (Fsp3) is 0.455. The number of hydrogen-bond acceptors (Lipinski definition) is 3. The van der Waals surface area contributed by atoms with Gasteiger partial charge >= 0.3 is 0 Å². The second kappa shape index (κ2) is 7.56. The van der Waals surface area contributed by atoms with E-state index in [1.165, 1.54) is 39.3 Å². The van der Waals surface area contributed by atoms with Crippen LogP contribution in [0.25, 0.3) is 10.2 Å². The van der Waals surface area contributed by atoms with Crippen molar-refractivity contribution < 1.29 is 4.90 Å². The summed E-state index contributed by atoms with van der Waals surface area (Å²) in [6, 6.07) is 8.86. The van der Waals surface area contributed by atoms with Gasteiger partial charge in [0.05, 0.1) is 12.4 Å². The standard InChI is InChI=1S/C22H27N3OS/c1-14(2)16-10-8-15(9-11-16)12-25(3)13-19-23-21(26)20-17-6-4-5-7-18(17)27-22(20)24-19/h8-11,14H,4-7,12-13H2,1-3H3,(H,23,24,26)/p+1. The van der Waals surface area contributed by atoms with Crippen LogP contribution in [0.2, 0.25) is 0 Å². The second-order valence-electron chi connectivity index (χ2n) is 8.11. The number of benzene rings is 1. The van der Waals surface area contributed by atoms with Crippen molar-refractivity contribution in [1.82, 2.24) is 9.97 Å². The molecule has 0 aliphatic heterocycles. The molecule has 2 aromatic heterocycles. The van der Waals surface area contributed by atoms with Crippen molar-refractivity contribution in [2.45, 2.75) is 58.5 Å². The number of fused-ring (bicyclic) bond motifs is 3. The first kappa shape index (κ1) is 18.4. The molecule has 142 valence electrons. The number of hydrogen-bond donors (Lipinski definition) is 2. The van der Waals surface area contributed by atoms with E-state index in [-0.39, 0.29) is 5.56 Å². The zero-order valence-electron chi connectivity index (χ0n) is 16.4. The van der Waals surface area contributed by atoms with Crippen LogP contribution in [-0.2, 0) is 25.9 Å². The number of aromatic nitrogens is 2. The minimum Gasteiger partial charge on any atom is -0.327 e. The summed E-state index contributed by atoms with van der Waals surface area (Å²) in [6.45, 7) is 6.07. The first-order valence-electron chi connectivity index (χ1n) is 9.95. The zero-order chi connectivity index (χ0) is 19.0. The molecule has 1 aromatic carbocycles. The molecule has 27 heavy (non-hydrogen) atoms. The van der Waals surface area contributed by atoms with Gasteiger partial charge in [-0.2, -0.15) is 0 Å². The molecule has 0 radical (unpaired) electrons. The van der Waals surface area contributed by atoms with E-state index in [1.807, 2.05) is 0 Å². The van der Waals surface area contributed by atoms with Crippen LogP contribution in [0.5, 0.6) is 0 Å². The molecule has 3 aromatic rings. The van der Waals surface area contributed by atoms with Gasteiger partial charge in [-0.3, -0.25) is 4.79 Å². The summed E-state index contributed by atoms with van der Waals surface area (Å²) >= 11 is 1.72. The molecule has 0 saturated heterocycles. The van der Waals surface area contributed by atoms with Crippen molar-refractivity contribution in [3.05, 3.63) is 62.0 Å². The Kier molecular flexibility index (Phi) is 5.15. The molecule has 5 heteroatoms. The maximum atomic E-state index is 12.7. The number of quaternary nitrogens is 1. The molecule has 4 rings (SSSR count). The highest BCUT2D eigenvalue weighted by molar-refractivity contribution is 7.18. The maximum Gasteiger partial charge on any atom is 0.260 e. The number of thiophene rings is 1. The lowest BCUT2D eigenvalue weighted by Crippen LogP contribution is -3.06. The summed E-state index contributed by atoms with van der Waals surface area (Å²) in [5.74, 6) is 1.35. The van der Waals surface area contributed by atoms with Gasteiger partial charge in [-0.15, -0.1) is 11.3 Å². The zero-order valence-corrected chi connectivity index (χ0v) is 17.2. The second-order valence-corrected chi connectivity index (χ2v) is 9.19. The number of aryl methyl sites for hydroxylation is 2. The predicted octanol–water partition coefficient (Wildman–Crippen LogP) is 3.20. The van der Waals surface area contributed by atoms with E-state index in [4.69, 9.17) is 4.98 Å². The van der Waals surface area contributed by atoms with Crippen molar-refractivity contribution in [3.8, 4) is 0 Å². The Labute approximate surface area is 164 Å². The van der Waals surface area contributed by atoms with Gasteiger partial charge in [0.15, 0.2) is 5.82 Å². The molecule has 0 bridgehead atoms. The van der Waals surface area contributed by atoms with Gasteiger partial charge in [0.2, 0.25) is 0 Å². The van der Waals surface area contributed by atoms with Crippen molar-refractivity contribution in [2.24, 2.45) is 0 Å². The molecule has 1 aliphatic rings. The Balaban J connectivity index is 1.51. The van der Waals surface area contributed by atoms with Gasteiger partial charge in [0, 0.05) is 10.4 Å². The average Bonchev–Trinajstić information content (AvgIpc) is 3.00. The van der Waals surface area contributed by atoms with Crippen molar-refractivity contribution >= 4 is 21.6 Å². The first-order chi connectivity index (χ1) is 13.0. The normalized spacial score (nSPS) is 15.3. The molecule has 1 atom stereocenters. The minimum atomic E-state index is 0.0449. The van der Waals surface area contributed by atoms with Crippen LogP contribution in [0.15, 0.2) is 29.1 Å². The molecule has 1 unspecified atom stereocenters. The van der Waals surface area contributed by atoms with Crippen molar-refractivity contribution in [1.29, 1.82) is 0 Å². The summed E-state index contributed by atoms with van der Waals surface area (Å²) in [5.41, 5.74) is 3.98. The predicted molar refractivity (Wildman–Crippen MR) is 112 cm³/mol. The van der Waals surface area contributed by atoms with Crippen LogP contribution in [-0.4, -0.2) is 17.0 Å². The van der Waals surface area contributed by atoms with Gasteiger partial charge in [0.1, 0.15) is 17.9 Å². The molecule has 0 spiro atoms. The minimum absolute atomic E-state index is 0.0449. The number of aromatic amines is 1.